The first-order chi connectivity index (χ1) is 10.8. The number of hydrogen-bond acceptors (Lipinski definition) is 6. The van der Waals surface area contributed by atoms with Crippen LogP contribution in [-0.4, -0.2) is 48.0 Å². The Balaban J connectivity index is 1.50. The van der Waals surface area contributed by atoms with Gasteiger partial charge in [-0.05, 0) is 19.4 Å². The van der Waals surface area contributed by atoms with E-state index in [-0.39, 0.29) is 12.1 Å². The summed E-state index contributed by atoms with van der Waals surface area (Å²) in [6.07, 6.45) is 6.85. The molecule has 118 valence electrons. The van der Waals surface area contributed by atoms with Crippen molar-refractivity contribution in [2.75, 3.05) is 31.2 Å². The molecule has 0 saturated carbocycles. The van der Waals surface area contributed by atoms with Crippen LogP contribution in [0.2, 0.25) is 0 Å². The van der Waals surface area contributed by atoms with E-state index in [0.29, 0.717) is 25.6 Å². The fourth-order valence-electron chi connectivity index (χ4n) is 3.39. The lowest BCUT2D eigenvalue weighted by Gasteiger charge is -2.30. The van der Waals surface area contributed by atoms with E-state index in [2.05, 4.69) is 15.3 Å². The summed E-state index contributed by atoms with van der Waals surface area (Å²) in [5.41, 5.74) is 0.525. The van der Waals surface area contributed by atoms with Crippen LogP contribution >= 0.6 is 0 Å². The molecule has 1 spiro atoms. The highest BCUT2D eigenvalue weighted by atomic mass is 16.6. The molecule has 0 radical (unpaired) electrons. The van der Waals surface area contributed by atoms with E-state index in [9.17, 15) is 4.79 Å². The highest BCUT2D eigenvalue weighted by molar-refractivity contribution is 5.89. The maximum absolute atomic E-state index is 12.2. The molecule has 4 rings (SSSR count). The number of ether oxygens (including phenoxy) is 2. The van der Waals surface area contributed by atoms with Crippen LogP contribution in [-0.2, 0) is 9.47 Å². The number of carbonyl (C=O) groups excluding carboxylic acids is 1. The number of aromatic nitrogens is 2. The van der Waals surface area contributed by atoms with Gasteiger partial charge in [0.2, 0.25) is 0 Å². The third-order valence-electron chi connectivity index (χ3n) is 4.73. The number of nitrogens with one attached hydrogen (secondary N) is 1. The summed E-state index contributed by atoms with van der Waals surface area (Å²) in [5.74, 6) is 0.565. The van der Waals surface area contributed by atoms with E-state index < -0.39 is 5.60 Å². The van der Waals surface area contributed by atoms with Gasteiger partial charge in [-0.1, -0.05) is 0 Å². The molecule has 3 aliphatic heterocycles. The quantitative estimate of drug-likeness (QED) is 0.890. The second-order valence-electron chi connectivity index (χ2n) is 6.20. The number of rotatable bonds is 2. The predicted molar refractivity (Wildman–Crippen MR) is 78.6 cm³/mol. The summed E-state index contributed by atoms with van der Waals surface area (Å²) in [4.78, 5) is 22.7. The molecule has 1 amide bonds. The van der Waals surface area contributed by atoms with E-state index in [1.165, 1.54) is 0 Å². The minimum atomic E-state index is -0.414. The van der Waals surface area contributed by atoms with Crippen molar-refractivity contribution in [3.05, 3.63) is 18.1 Å². The van der Waals surface area contributed by atoms with Crippen LogP contribution in [0.1, 0.15) is 37.4 Å². The predicted octanol–water partition coefficient (Wildman–Crippen LogP) is 1.41. The molecule has 22 heavy (non-hydrogen) atoms. The first kappa shape index (κ1) is 13.9. The van der Waals surface area contributed by atoms with Crippen molar-refractivity contribution in [1.29, 1.82) is 0 Å². The molecule has 4 heterocycles. The van der Waals surface area contributed by atoms with Gasteiger partial charge in [-0.25, -0.2) is 9.78 Å². The van der Waals surface area contributed by atoms with Crippen molar-refractivity contribution in [2.45, 2.75) is 37.3 Å². The van der Waals surface area contributed by atoms with Crippen molar-refractivity contribution < 1.29 is 14.3 Å². The second kappa shape index (κ2) is 5.48. The molecule has 1 aromatic rings. The highest BCUT2D eigenvalue weighted by Crippen LogP contribution is 2.34. The molecule has 3 fully saturated rings. The molecule has 0 aromatic carbocycles. The molecule has 0 aliphatic carbocycles. The van der Waals surface area contributed by atoms with Gasteiger partial charge >= 0.3 is 6.09 Å². The summed E-state index contributed by atoms with van der Waals surface area (Å²) in [7, 11) is 0. The van der Waals surface area contributed by atoms with Gasteiger partial charge in [0.15, 0.2) is 5.82 Å². The van der Waals surface area contributed by atoms with Gasteiger partial charge in [-0.2, -0.15) is 0 Å². The lowest BCUT2D eigenvalue weighted by Crippen LogP contribution is -2.40. The first-order valence-electron chi connectivity index (χ1n) is 7.89. The van der Waals surface area contributed by atoms with Crippen molar-refractivity contribution in [3.63, 3.8) is 0 Å². The van der Waals surface area contributed by atoms with E-state index in [1.54, 1.807) is 17.3 Å². The molecule has 3 aliphatic rings. The Morgan fingerprint density at radius 2 is 2.14 bits per heavy atom. The van der Waals surface area contributed by atoms with Crippen LogP contribution in [0.3, 0.4) is 0 Å². The van der Waals surface area contributed by atoms with Gasteiger partial charge in [0.1, 0.15) is 5.60 Å². The monoisotopic (exact) mass is 304 g/mol. The molecule has 7 nitrogen and oxygen atoms in total. The summed E-state index contributed by atoms with van der Waals surface area (Å²) in [5, 5.41) is 3.40. The summed E-state index contributed by atoms with van der Waals surface area (Å²) >= 11 is 0. The van der Waals surface area contributed by atoms with Gasteiger partial charge in [0.05, 0.1) is 43.9 Å². The topological polar surface area (TPSA) is 76.6 Å². The molecule has 0 unspecified atom stereocenters. The van der Waals surface area contributed by atoms with Gasteiger partial charge < -0.3 is 14.8 Å². The van der Waals surface area contributed by atoms with Crippen molar-refractivity contribution in [3.8, 4) is 0 Å². The van der Waals surface area contributed by atoms with Gasteiger partial charge in [0.25, 0.3) is 0 Å². The SMILES string of the molecule is O=C1OC2(CCOCC2)CN1c1cnc([C@@H]2CCCN2)cn1. The van der Waals surface area contributed by atoms with Crippen LogP contribution in [0.4, 0.5) is 10.6 Å². The van der Waals surface area contributed by atoms with Gasteiger partial charge in [-0.15, -0.1) is 0 Å². The zero-order valence-corrected chi connectivity index (χ0v) is 12.5. The largest absolute Gasteiger partial charge is 0.440 e. The maximum Gasteiger partial charge on any atom is 0.416 e. The third-order valence-corrected chi connectivity index (χ3v) is 4.73. The average Bonchev–Trinajstić information content (AvgIpc) is 3.17. The van der Waals surface area contributed by atoms with Crippen molar-refractivity contribution in [1.82, 2.24) is 15.3 Å². The minimum absolute atomic E-state index is 0.286. The Hall–Kier alpha value is -1.73. The maximum atomic E-state index is 12.2. The second-order valence-corrected chi connectivity index (χ2v) is 6.20. The molecule has 7 heteroatoms. The van der Waals surface area contributed by atoms with E-state index in [4.69, 9.17) is 9.47 Å². The average molecular weight is 304 g/mol. The smallest absolute Gasteiger partial charge is 0.416 e. The zero-order chi connectivity index (χ0) is 15.0. The normalized spacial score (nSPS) is 27.4. The fourth-order valence-corrected chi connectivity index (χ4v) is 3.39. The lowest BCUT2D eigenvalue weighted by molar-refractivity contribution is -0.0431. The summed E-state index contributed by atoms with van der Waals surface area (Å²) in [6.45, 7) is 2.83. The molecular weight excluding hydrogens is 284 g/mol. The minimum Gasteiger partial charge on any atom is -0.440 e. The number of hydrogen-bond donors (Lipinski definition) is 1. The summed E-state index contributed by atoms with van der Waals surface area (Å²) in [6, 6.07) is 0.286. The lowest BCUT2D eigenvalue weighted by atomic mass is 9.94. The Morgan fingerprint density at radius 3 is 2.82 bits per heavy atom. The Morgan fingerprint density at radius 1 is 1.27 bits per heavy atom. The number of amides is 1. The molecule has 1 atom stereocenters. The standard InChI is InChI=1S/C15H20N4O3/c20-14-19(10-15(22-14)3-6-21-7-4-15)13-9-17-12(8-18-13)11-2-1-5-16-11/h8-9,11,16H,1-7,10H2/t11-/m0/s1. The van der Waals surface area contributed by atoms with Crippen molar-refractivity contribution >= 4 is 11.9 Å². The molecule has 1 N–H and O–H groups in total. The molecule has 1 aromatic heterocycles. The Kier molecular flexibility index (Phi) is 3.46. The highest BCUT2D eigenvalue weighted by Gasteiger charge is 2.47. The van der Waals surface area contributed by atoms with Crippen LogP contribution < -0.4 is 10.2 Å². The summed E-state index contributed by atoms with van der Waals surface area (Å²) < 4.78 is 11.0. The van der Waals surface area contributed by atoms with Crippen LogP contribution in [0.15, 0.2) is 12.4 Å². The number of carbonyl (C=O) groups is 1. The van der Waals surface area contributed by atoms with Crippen LogP contribution in [0, 0.1) is 0 Å². The van der Waals surface area contributed by atoms with E-state index in [1.807, 2.05) is 0 Å². The zero-order valence-electron chi connectivity index (χ0n) is 12.5. The Bertz CT molecular complexity index is 550. The number of nitrogens with zero attached hydrogens (tertiary/aromatic N) is 3. The number of anilines is 1. The first-order valence-corrected chi connectivity index (χ1v) is 7.89. The van der Waals surface area contributed by atoms with Crippen molar-refractivity contribution in [2.24, 2.45) is 0 Å². The molecule has 0 bridgehead atoms. The van der Waals surface area contributed by atoms with Crippen LogP contribution in [0.25, 0.3) is 0 Å². The van der Waals surface area contributed by atoms with Gasteiger partial charge in [0, 0.05) is 12.8 Å². The molecule has 3 saturated heterocycles. The Labute approximate surface area is 129 Å². The van der Waals surface area contributed by atoms with E-state index in [0.717, 1.165) is 37.9 Å². The van der Waals surface area contributed by atoms with E-state index >= 15 is 0 Å². The fraction of sp³-hybridized carbons (Fsp3) is 0.667. The van der Waals surface area contributed by atoms with Gasteiger partial charge in [-0.3, -0.25) is 9.88 Å². The molecular formula is C15H20N4O3. The third kappa shape index (κ3) is 2.44. The van der Waals surface area contributed by atoms with Crippen LogP contribution in [0.5, 0.6) is 0 Å².